The lowest BCUT2D eigenvalue weighted by molar-refractivity contribution is -0.384. The summed E-state index contributed by atoms with van der Waals surface area (Å²) >= 11 is 0. The quantitative estimate of drug-likeness (QED) is 0.220. The van der Waals surface area contributed by atoms with Crippen LogP contribution in [0.4, 0.5) is 11.4 Å². The van der Waals surface area contributed by atoms with Crippen molar-refractivity contribution in [1.29, 1.82) is 0 Å². The molecule has 0 bridgehead atoms. The summed E-state index contributed by atoms with van der Waals surface area (Å²) in [5.74, 6) is 0.267. The SMILES string of the molecule is CC(C)Oc1cccc(CCCNC(=O)CN(c2cccc([N+](=O)[O-])c2)S(=O)(=O)c2ccccc2)c1. The highest BCUT2D eigenvalue weighted by atomic mass is 32.2. The van der Waals surface area contributed by atoms with Gasteiger partial charge in [-0.05, 0) is 62.6 Å². The maximum Gasteiger partial charge on any atom is 0.271 e. The molecular weight excluding hydrogens is 482 g/mol. The molecule has 190 valence electrons. The average molecular weight is 512 g/mol. The van der Waals surface area contributed by atoms with Crippen molar-refractivity contribution >= 4 is 27.3 Å². The van der Waals surface area contributed by atoms with E-state index < -0.39 is 27.4 Å². The maximum atomic E-state index is 13.3. The molecule has 3 aromatic carbocycles. The molecule has 10 heteroatoms. The Balaban J connectivity index is 1.69. The summed E-state index contributed by atoms with van der Waals surface area (Å²) < 4.78 is 33.3. The van der Waals surface area contributed by atoms with Gasteiger partial charge in [-0.3, -0.25) is 19.2 Å². The molecule has 9 nitrogen and oxygen atoms in total. The Morgan fingerprint density at radius 3 is 2.44 bits per heavy atom. The number of carbonyl (C=O) groups is 1. The van der Waals surface area contributed by atoms with Crippen molar-refractivity contribution in [2.75, 3.05) is 17.4 Å². The lowest BCUT2D eigenvalue weighted by atomic mass is 10.1. The third-order valence-electron chi connectivity index (χ3n) is 5.18. The fourth-order valence-corrected chi connectivity index (χ4v) is 4.98. The molecule has 0 spiro atoms. The Labute approximate surface area is 210 Å². The van der Waals surface area contributed by atoms with Gasteiger partial charge >= 0.3 is 0 Å². The zero-order valence-corrected chi connectivity index (χ0v) is 21.0. The second-order valence-corrected chi connectivity index (χ2v) is 10.2. The minimum absolute atomic E-state index is 0.0206. The van der Waals surface area contributed by atoms with Gasteiger partial charge in [-0.25, -0.2) is 8.42 Å². The van der Waals surface area contributed by atoms with Crippen molar-refractivity contribution in [3.63, 3.8) is 0 Å². The van der Waals surface area contributed by atoms with Crippen LogP contribution in [0.15, 0.2) is 83.8 Å². The largest absolute Gasteiger partial charge is 0.491 e. The summed E-state index contributed by atoms with van der Waals surface area (Å²) in [6.07, 6.45) is 1.41. The number of aryl methyl sites for hydroxylation is 1. The van der Waals surface area contributed by atoms with Crippen LogP contribution in [-0.4, -0.2) is 38.4 Å². The summed E-state index contributed by atoms with van der Waals surface area (Å²) in [6, 6.07) is 20.6. The summed E-state index contributed by atoms with van der Waals surface area (Å²) in [5.41, 5.74) is 0.822. The number of carbonyl (C=O) groups excluding carboxylic acids is 1. The van der Waals surface area contributed by atoms with Gasteiger partial charge < -0.3 is 10.1 Å². The van der Waals surface area contributed by atoms with E-state index in [1.54, 1.807) is 18.2 Å². The average Bonchev–Trinajstić information content (AvgIpc) is 2.85. The number of benzene rings is 3. The van der Waals surface area contributed by atoms with E-state index in [-0.39, 0.29) is 22.4 Å². The predicted molar refractivity (Wildman–Crippen MR) is 138 cm³/mol. The van der Waals surface area contributed by atoms with E-state index in [9.17, 15) is 23.3 Å². The van der Waals surface area contributed by atoms with Crippen LogP contribution in [0.2, 0.25) is 0 Å². The molecule has 1 amide bonds. The third-order valence-corrected chi connectivity index (χ3v) is 6.97. The van der Waals surface area contributed by atoms with Crippen molar-refractivity contribution < 1.29 is 22.9 Å². The normalized spacial score (nSPS) is 11.2. The molecule has 1 N–H and O–H groups in total. The Bertz CT molecular complexity index is 1300. The molecule has 0 fully saturated rings. The standard InChI is InChI=1S/C26H29N3O6S/c1-20(2)35-24-13-6-9-21(17-24)10-8-16-27-26(30)19-28(22-11-7-12-23(18-22)29(31)32)36(33,34)25-14-4-3-5-15-25/h3-7,9,11-15,17-18,20H,8,10,16,19H2,1-2H3,(H,27,30). The molecule has 0 unspecified atom stereocenters. The second kappa shape index (κ2) is 12.2. The van der Waals surface area contributed by atoms with Crippen molar-refractivity contribution in [1.82, 2.24) is 5.32 Å². The molecule has 0 aliphatic rings. The minimum atomic E-state index is -4.14. The highest BCUT2D eigenvalue weighted by Crippen LogP contribution is 2.26. The number of ether oxygens (including phenoxy) is 1. The number of nitrogens with one attached hydrogen (secondary N) is 1. The number of nitro groups is 1. The van der Waals surface area contributed by atoms with Crippen LogP contribution in [0.1, 0.15) is 25.8 Å². The number of nitro benzene ring substituents is 1. The lowest BCUT2D eigenvalue weighted by Crippen LogP contribution is -2.41. The zero-order valence-electron chi connectivity index (χ0n) is 20.2. The number of sulfonamides is 1. The molecule has 0 aliphatic heterocycles. The van der Waals surface area contributed by atoms with Crippen LogP contribution in [0.3, 0.4) is 0 Å². The van der Waals surface area contributed by atoms with E-state index >= 15 is 0 Å². The van der Waals surface area contributed by atoms with Gasteiger partial charge in [0.05, 0.1) is 21.6 Å². The zero-order chi connectivity index (χ0) is 26.1. The first kappa shape index (κ1) is 26.7. The smallest absolute Gasteiger partial charge is 0.271 e. The van der Waals surface area contributed by atoms with Gasteiger partial charge in [-0.15, -0.1) is 0 Å². The first-order chi connectivity index (χ1) is 17.2. The van der Waals surface area contributed by atoms with Gasteiger partial charge in [0.25, 0.3) is 15.7 Å². The number of hydrogen-bond donors (Lipinski definition) is 1. The van der Waals surface area contributed by atoms with Gasteiger partial charge in [-0.2, -0.15) is 0 Å². The lowest BCUT2D eigenvalue weighted by Gasteiger charge is -2.24. The van der Waals surface area contributed by atoms with Gasteiger partial charge in [0.1, 0.15) is 12.3 Å². The van der Waals surface area contributed by atoms with Crippen molar-refractivity contribution in [3.8, 4) is 5.75 Å². The highest BCUT2D eigenvalue weighted by molar-refractivity contribution is 7.92. The third kappa shape index (κ3) is 7.29. The Morgan fingerprint density at radius 2 is 1.75 bits per heavy atom. The fourth-order valence-electron chi connectivity index (χ4n) is 3.55. The highest BCUT2D eigenvalue weighted by Gasteiger charge is 2.28. The molecule has 3 rings (SSSR count). The molecule has 0 saturated heterocycles. The van der Waals surface area contributed by atoms with E-state index in [1.807, 2.05) is 38.1 Å². The van der Waals surface area contributed by atoms with Gasteiger partial charge in [0.15, 0.2) is 0 Å². The van der Waals surface area contributed by atoms with Gasteiger partial charge in [0, 0.05) is 18.7 Å². The van der Waals surface area contributed by atoms with E-state index in [0.717, 1.165) is 21.7 Å². The summed E-state index contributed by atoms with van der Waals surface area (Å²) in [5, 5.41) is 14.0. The van der Waals surface area contributed by atoms with Crippen LogP contribution in [-0.2, 0) is 21.2 Å². The maximum absolute atomic E-state index is 13.3. The summed E-state index contributed by atoms with van der Waals surface area (Å²) in [4.78, 5) is 23.3. The molecule has 0 aromatic heterocycles. The first-order valence-electron chi connectivity index (χ1n) is 11.5. The molecule has 0 aliphatic carbocycles. The van der Waals surface area contributed by atoms with Crippen LogP contribution >= 0.6 is 0 Å². The van der Waals surface area contributed by atoms with E-state index in [0.29, 0.717) is 19.4 Å². The minimum Gasteiger partial charge on any atom is -0.491 e. The Hall–Kier alpha value is -3.92. The van der Waals surface area contributed by atoms with Crippen molar-refractivity contribution in [3.05, 3.63) is 94.5 Å². The number of non-ortho nitro benzene ring substituents is 1. The summed E-state index contributed by atoms with van der Waals surface area (Å²) in [6.45, 7) is 3.73. The molecule has 0 saturated carbocycles. The Kier molecular flexibility index (Phi) is 9.02. The van der Waals surface area contributed by atoms with Crippen molar-refractivity contribution in [2.45, 2.75) is 37.7 Å². The number of nitrogens with zero attached hydrogens (tertiary/aromatic N) is 2. The molecule has 0 heterocycles. The van der Waals surface area contributed by atoms with Crippen LogP contribution in [0.5, 0.6) is 5.75 Å². The molecule has 0 atom stereocenters. The van der Waals surface area contributed by atoms with Gasteiger partial charge in [0.2, 0.25) is 5.91 Å². The van der Waals surface area contributed by atoms with E-state index in [2.05, 4.69) is 5.32 Å². The van der Waals surface area contributed by atoms with Crippen molar-refractivity contribution in [2.24, 2.45) is 0 Å². The number of anilines is 1. The number of hydrogen-bond acceptors (Lipinski definition) is 6. The molecular formula is C26H29N3O6S. The first-order valence-corrected chi connectivity index (χ1v) is 13.0. The molecule has 3 aromatic rings. The fraction of sp³-hybridized carbons (Fsp3) is 0.269. The second-order valence-electron chi connectivity index (χ2n) is 8.37. The van der Waals surface area contributed by atoms with E-state index in [1.165, 1.54) is 30.3 Å². The van der Waals surface area contributed by atoms with Crippen LogP contribution in [0.25, 0.3) is 0 Å². The van der Waals surface area contributed by atoms with E-state index in [4.69, 9.17) is 4.74 Å². The van der Waals surface area contributed by atoms with Crippen LogP contribution < -0.4 is 14.4 Å². The summed E-state index contributed by atoms with van der Waals surface area (Å²) in [7, 11) is -4.14. The Morgan fingerprint density at radius 1 is 1.03 bits per heavy atom. The van der Waals surface area contributed by atoms with Gasteiger partial charge in [-0.1, -0.05) is 36.4 Å². The predicted octanol–water partition coefficient (Wildman–Crippen LogP) is 4.33. The number of amides is 1. The monoisotopic (exact) mass is 511 g/mol. The topological polar surface area (TPSA) is 119 Å². The molecule has 0 radical (unpaired) electrons. The number of rotatable bonds is 12. The molecule has 36 heavy (non-hydrogen) atoms. The van der Waals surface area contributed by atoms with Crippen LogP contribution in [0, 0.1) is 10.1 Å².